The Hall–Kier alpha value is -2.07. The molecule has 2 aromatic rings. The second-order valence-electron chi connectivity index (χ2n) is 4.56. The van der Waals surface area contributed by atoms with Crippen molar-refractivity contribution < 1.29 is 13.2 Å². The predicted octanol–water partition coefficient (Wildman–Crippen LogP) is 3.98. The zero-order valence-corrected chi connectivity index (χ0v) is 12.2. The van der Waals surface area contributed by atoms with Crippen molar-refractivity contribution in [2.75, 3.05) is 11.9 Å². The van der Waals surface area contributed by atoms with Gasteiger partial charge >= 0.3 is 6.18 Å². The third-order valence-corrected chi connectivity index (χ3v) is 4.02. The summed E-state index contributed by atoms with van der Waals surface area (Å²) < 4.78 is 38.8. The Bertz CT molecular complexity index is 686. The molecule has 0 aliphatic rings. The van der Waals surface area contributed by atoms with Gasteiger partial charge in [0.05, 0.1) is 34.9 Å². The van der Waals surface area contributed by atoms with Crippen molar-refractivity contribution in [3.63, 3.8) is 0 Å². The molecule has 0 radical (unpaired) electrons. The minimum Gasteiger partial charge on any atom is -0.369 e. The molecule has 3 nitrogen and oxygen atoms in total. The summed E-state index contributed by atoms with van der Waals surface area (Å²) in [5.41, 5.74) is 1.72. The van der Waals surface area contributed by atoms with Gasteiger partial charge in [0.25, 0.3) is 0 Å². The molecule has 0 bridgehead atoms. The fraction of sp³-hybridized carbons (Fsp3) is 0.286. The lowest BCUT2D eigenvalue weighted by atomic mass is 10.1. The number of hydrogen-bond donors (Lipinski definition) is 0. The topological polar surface area (TPSA) is 39.9 Å². The Labute approximate surface area is 124 Å². The Kier molecular flexibility index (Phi) is 4.19. The van der Waals surface area contributed by atoms with Crippen LogP contribution in [0.1, 0.15) is 21.7 Å². The van der Waals surface area contributed by atoms with Crippen LogP contribution in [0.5, 0.6) is 0 Å². The van der Waals surface area contributed by atoms with Crippen LogP contribution in [0.15, 0.2) is 23.7 Å². The molecular weight excluding hydrogens is 299 g/mol. The van der Waals surface area contributed by atoms with Gasteiger partial charge in [-0.25, -0.2) is 4.98 Å². The van der Waals surface area contributed by atoms with Crippen LogP contribution >= 0.6 is 11.3 Å². The first kappa shape index (κ1) is 15.3. The number of alkyl halides is 3. The highest BCUT2D eigenvalue weighted by Gasteiger charge is 2.34. The Balaban J connectivity index is 2.32. The molecule has 110 valence electrons. The number of nitrogens with zero attached hydrogens (tertiary/aromatic N) is 3. The molecule has 21 heavy (non-hydrogen) atoms. The molecule has 0 unspecified atom stereocenters. The van der Waals surface area contributed by atoms with E-state index in [9.17, 15) is 13.2 Å². The van der Waals surface area contributed by atoms with Gasteiger partial charge in [-0.15, -0.1) is 11.3 Å². The molecule has 7 heteroatoms. The third kappa shape index (κ3) is 3.34. The number of aromatic nitrogens is 1. The van der Waals surface area contributed by atoms with E-state index in [-0.39, 0.29) is 5.56 Å². The highest BCUT2D eigenvalue weighted by molar-refractivity contribution is 7.09. The summed E-state index contributed by atoms with van der Waals surface area (Å²) in [5, 5.41) is 8.78. The summed E-state index contributed by atoms with van der Waals surface area (Å²) in [6.07, 6.45) is -4.54. The average Bonchev–Trinajstić information content (AvgIpc) is 2.82. The molecule has 2 rings (SSSR count). The Morgan fingerprint density at radius 1 is 1.38 bits per heavy atom. The fourth-order valence-electron chi connectivity index (χ4n) is 1.89. The highest BCUT2D eigenvalue weighted by Crippen LogP contribution is 2.34. The SMILES string of the molecule is Cc1ncsc1CN(C)c1ccc(C#N)c(C(F)(F)F)c1. The van der Waals surface area contributed by atoms with Gasteiger partial charge in [-0.2, -0.15) is 18.4 Å². The first-order valence-corrected chi connectivity index (χ1v) is 6.92. The van der Waals surface area contributed by atoms with Crippen molar-refractivity contribution >= 4 is 17.0 Å². The molecule has 0 aliphatic carbocycles. The maximum absolute atomic E-state index is 12.9. The first-order chi connectivity index (χ1) is 9.82. The summed E-state index contributed by atoms with van der Waals surface area (Å²) in [4.78, 5) is 6.82. The van der Waals surface area contributed by atoms with Crippen molar-refractivity contribution in [1.82, 2.24) is 4.98 Å². The third-order valence-electron chi connectivity index (χ3n) is 3.10. The lowest BCUT2D eigenvalue weighted by Crippen LogP contribution is -2.18. The highest BCUT2D eigenvalue weighted by atomic mass is 32.1. The zero-order chi connectivity index (χ0) is 15.6. The van der Waals surface area contributed by atoms with Gasteiger partial charge in [0.15, 0.2) is 0 Å². The number of benzene rings is 1. The normalized spacial score (nSPS) is 11.2. The molecule has 1 aromatic carbocycles. The Morgan fingerprint density at radius 3 is 2.62 bits per heavy atom. The zero-order valence-electron chi connectivity index (χ0n) is 11.4. The molecule has 0 N–H and O–H groups in total. The molecule has 0 spiro atoms. The van der Waals surface area contributed by atoms with Crippen LogP contribution in [-0.4, -0.2) is 12.0 Å². The molecular formula is C14H12F3N3S. The fourth-order valence-corrected chi connectivity index (χ4v) is 2.72. The molecule has 0 amide bonds. The predicted molar refractivity (Wildman–Crippen MR) is 75.1 cm³/mol. The lowest BCUT2D eigenvalue weighted by molar-refractivity contribution is -0.137. The summed E-state index contributed by atoms with van der Waals surface area (Å²) in [6.45, 7) is 2.33. The van der Waals surface area contributed by atoms with E-state index < -0.39 is 11.7 Å². The van der Waals surface area contributed by atoms with E-state index in [0.717, 1.165) is 16.6 Å². The molecule has 0 saturated carbocycles. The van der Waals surface area contributed by atoms with Crippen LogP contribution in [0, 0.1) is 18.3 Å². The van der Waals surface area contributed by atoms with E-state index in [1.807, 2.05) is 6.92 Å². The summed E-state index contributed by atoms with van der Waals surface area (Å²) >= 11 is 1.46. The van der Waals surface area contributed by atoms with E-state index >= 15 is 0 Å². The van der Waals surface area contributed by atoms with Crippen LogP contribution in [0.2, 0.25) is 0 Å². The van der Waals surface area contributed by atoms with Crippen molar-refractivity contribution in [1.29, 1.82) is 5.26 Å². The number of anilines is 1. The van der Waals surface area contributed by atoms with Gasteiger partial charge in [-0.3, -0.25) is 0 Å². The second-order valence-corrected chi connectivity index (χ2v) is 5.50. The minimum atomic E-state index is -4.54. The van der Waals surface area contributed by atoms with E-state index in [0.29, 0.717) is 12.2 Å². The standard InChI is InChI=1S/C14H12F3N3S/c1-9-13(21-8-19-9)7-20(2)11-4-3-10(6-18)12(5-11)14(15,16)17/h3-5,8H,7H2,1-2H3. The summed E-state index contributed by atoms with van der Waals surface area (Å²) in [7, 11) is 1.71. The van der Waals surface area contributed by atoms with Gasteiger partial charge < -0.3 is 4.90 Å². The molecule has 0 atom stereocenters. The van der Waals surface area contributed by atoms with Gasteiger partial charge in [0, 0.05) is 17.6 Å². The van der Waals surface area contributed by atoms with E-state index in [1.165, 1.54) is 23.5 Å². The number of thiazole rings is 1. The quantitative estimate of drug-likeness (QED) is 0.861. The molecule has 0 fully saturated rings. The summed E-state index contributed by atoms with van der Waals surface area (Å²) in [5.74, 6) is 0. The van der Waals surface area contributed by atoms with Crippen LogP contribution in [-0.2, 0) is 12.7 Å². The van der Waals surface area contributed by atoms with Gasteiger partial charge in [0.2, 0.25) is 0 Å². The van der Waals surface area contributed by atoms with Crippen LogP contribution in [0.25, 0.3) is 0 Å². The van der Waals surface area contributed by atoms with E-state index in [2.05, 4.69) is 4.98 Å². The molecule has 0 aliphatic heterocycles. The van der Waals surface area contributed by atoms with Gasteiger partial charge in [-0.05, 0) is 25.1 Å². The largest absolute Gasteiger partial charge is 0.417 e. The number of rotatable bonds is 3. The minimum absolute atomic E-state index is 0.367. The number of nitriles is 1. The average molecular weight is 311 g/mol. The maximum atomic E-state index is 12.9. The lowest BCUT2D eigenvalue weighted by Gasteiger charge is -2.20. The van der Waals surface area contributed by atoms with Crippen molar-refractivity contribution in [3.05, 3.63) is 45.4 Å². The van der Waals surface area contributed by atoms with Crippen molar-refractivity contribution in [2.24, 2.45) is 0 Å². The molecule has 1 aromatic heterocycles. The Morgan fingerprint density at radius 2 is 2.10 bits per heavy atom. The van der Waals surface area contributed by atoms with Crippen LogP contribution in [0.3, 0.4) is 0 Å². The smallest absolute Gasteiger partial charge is 0.369 e. The summed E-state index contributed by atoms with van der Waals surface area (Å²) in [6, 6.07) is 5.31. The second kappa shape index (κ2) is 5.74. The maximum Gasteiger partial charge on any atom is 0.417 e. The monoisotopic (exact) mass is 311 g/mol. The molecule has 0 saturated heterocycles. The van der Waals surface area contributed by atoms with E-state index in [4.69, 9.17) is 5.26 Å². The number of aryl methyl sites for hydroxylation is 1. The first-order valence-electron chi connectivity index (χ1n) is 6.04. The van der Waals surface area contributed by atoms with Crippen molar-refractivity contribution in [2.45, 2.75) is 19.6 Å². The number of hydrogen-bond acceptors (Lipinski definition) is 4. The number of halogens is 3. The van der Waals surface area contributed by atoms with Gasteiger partial charge in [-0.1, -0.05) is 0 Å². The van der Waals surface area contributed by atoms with Crippen LogP contribution in [0.4, 0.5) is 18.9 Å². The van der Waals surface area contributed by atoms with Gasteiger partial charge in [0.1, 0.15) is 0 Å². The van der Waals surface area contributed by atoms with Crippen molar-refractivity contribution in [3.8, 4) is 6.07 Å². The molecule has 1 heterocycles. The van der Waals surface area contributed by atoms with Crippen LogP contribution < -0.4 is 4.90 Å². The van der Waals surface area contributed by atoms with E-state index in [1.54, 1.807) is 23.5 Å².